The number of halogens is 4. The number of benzene rings is 2. The molecule has 0 atom stereocenters. The monoisotopic (exact) mass is 412 g/mol. The van der Waals surface area contributed by atoms with Crippen molar-refractivity contribution in [1.29, 1.82) is 0 Å². The third kappa shape index (κ3) is 4.90. The summed E-state index contributed by atoms with van der Waals surface area (Å²) in [5.41, 5.74) is 0.715. The highest BCUT2D eigenvalue weighted by molar-refractivity contribution is 6.31. The summed E-state index contributed by atoms with van der Waals surface area (Å²) in [6.07, 6.45) is -2.55. The van der Waals surface area contributed by atoms with E-state index in [9.17, 15) is 18.0 Å². The smallest absolute Gasteiger partial charge is 0.416 e. The van der Waals surface area contributed by atoms with Crippen molar-refractivity contribution in [2.45, 2.75) is 25.9 Å². The molecule has 1 N–H and O–H groups in total. The van der Waals surface area contributed by atoms with Gasteiger partial charge in [-0.1, -0.05) is 11.6 Å². The van der Waals surface area contributed by atoms with Crippen LogP contribution in [0.3, 0.4) is 0 Å². The maximum Gasteiger partial charge on any atom is 0.416 e. The third-order valence-electron chi connectivity index (χ3n) is 4.54. The zero-order chi connectivity index (χ0) is 20.3. The van der Waals surface area contributed by atoms with E-state index in [2.05, 4.69) is 5.32 Å². The van der Waals surface area contributed by atoms with Crippen LogP contribution >= 0.6 is 11.6 Å². The molecule has 4 nitrogen and oxygen atoms in total. The first-order chi connectivity index (χ1) is 13.2. The summed E-state index contributed by atoms with van der Waals surface area (Å²) < 4.78 is 44.7. The Morgan fingerprint density at radius 2 is 1.89 bits per heavy atom. The third-order valence-corrected chi connectivity index (χ3v) is 4.97. The number of hydrogen-bond acceptors (Lipinski definition) is 3. The van der Waals surface area contributed by atoms with Crippen molar-refractivity contribution in [3.8, 4) is 5.75 Å². The molecule has 3 rings (SSSR count). The van der Waals surface area contributed by atoms with Crippen LogP contribution in [0.4, 0.5) is 24.5 Å². The number of nitrogens with one attached hydrogen (secondary N) is 1. The Balaban J connectivity index is 1.74. The second-order valence-electron chi connectivity index (χ2n) is 6.67. The number of alkyl halides is 3. The van der Waals surface area contributed by atoms with Gasteiger partial charge in [-0.25, -0.2) is 0 Å². The fourth-order valence-corrected chi connectivity index (χ4v) is 3.21. The van der Waals surface area contributed by atoms with Gasteiger partial charge in [-0.05, 0) is 61.7 Å². The van der Waals surface area contributed by atoms with Crippen LogP contribution in [-0.2, 0) is 11.0 Å². The van der Waals surface area contributed by atoms with Crippen molar-refractivity contribution in [2.24, 2.45) is 0 Å². The summed E-state index contributed by atoms with van der Waals surface area (Å²) in [6.45, 7) is 2.97. The van der Waals surface area contributed by atoms with E-state index in [1.54, 1.807) is 25.1 Å². The quantitative estimate of drug-likeness (QED) is 0.726. The number of amides is 1. The van der Waals surface area contributed by atoms with Crippen LogP contribution in [0.15, 0.2) is 36.4 Å². The maximum absolute atomic E-state index is 13.1. The largest absolute Gasteiger partial charge is 0.484 e. The molecule has 0 unspecified atom stereocenters. The van der Waals surface area contributed by atoms with Gasteiger partial charge in [0.1, 0.15) is 5.75 Å². The van der Waals surface area contributed by atoms with Crippen LogP contribution in [-0.4, -0.2) is 25.6 Å². The molecule has 150 valence electrons. The molecule has 0 saturated carbocycles. The van der Waals surface area contributed by atoms with Crippen molar-refractivity contribution in [1.82, 2.24) is 0 Å². The van der Waals surface area contributed by atoms with Crippen molar-refractivity contribution in [2.75, 3.05) is 29.9 Å². The second-order valence-corrected chi connectivity index (χ2v) is 7.08. The summed E-state index contributed by atoms with van der Waals surface area (Å²) >= 11 is 5.95. The van der Waals surface area contributed by atoms with Crippen LogP contribution in [0.1, 0.15) is 24.0 Å². The molecule has 0 radical (unpaired) electrons. The Labute approximate surface area is 166 Å². The van der Waals surface area contributed by atoms with Crippen molar-refractivity contribution >= 4 is 28.9 Å². The van der Waals surface area contributed by atoms with Gasteiger partial charge >= 0.3 is 6.18 Å². The second kappa shape index (κ2) is 8.31. The molecule has 1 fully saturated rings. The lowest BCUT2D eigenvalue weighted by molar-refractivity contribution is -0.137. The van der Waals surface area contributed by atoms with Crippen molar-refractivity contribution in [3.05, 3.63) is 52.5 Å². The highest BCUT2D eigenvalue weighted by atomic mass is 35.5. The molecule has 8 heteroatoms. The first-order valence-electron chi connectivity index (χ1n) is 8.89. The molecule has 1 heterocycles. The molecule has 2 aromatic rings. The summed E-state index contributed by atoms with van der Waals surface area (Å²) in [4.78, 5) is 14.3. The minimum absolute atomic E-state index is 0.137. The van der Waals surface area contributed by atoms with E-state index < -0.39 is 17.6 Å². The Morgan fingerprint density at radius 1 is 1.18 bits per heavy atom. The Bertz CT molecular complexity index is 865. The van der Waals surface area contributed by atoms with Gasteiger partial charge in [0.25, 0.3) is 5.91 Å². The molecule has 0 aromatic heterocycles. The Kier molecular flexibility index (Phi) is 6.03. The number of aryl methyl sites for hydroxylation is 1. The molecule has 0 bridgehead atoms. The van der Waals surface area contributed by atoms with Crippen LogP contribution in [0.5, 0.6) is 5.75 Å². The summed E-state index contributed by atoms with van der Waals surface area (Å²) in [7, 11) is 0. The van der Waals surface area contributed by atoms with E-state index in [-0.39, 0.29) is 12.3 Å². The SMILES string of the molecule is Cc1cc(OCC(=O)Nc2cc(C(F)(F)F)ccc2N2CCCC2)ccc1Cl. The number of nitrogens with zero attached hydrogens (tertiary/aromatic N) is 1. The Morgan fingerprint density at radius 3 is 2.54 bits per heavy atom. The number of carbonyl (C=O) groups excluding carboxylic acids is 1. The van der Waals surface area contributed by atoms with E-state index in [0.29, 0.717) is 16.5 Å². The number of rotatable bonds is 5. The van der Waals surface area contributed by atoms with Gasteiger partial charge in [0.2, 0.25) is 0 Å². The number of anilines is 2. The minimum Gasteiger partial charge on any atom is -0.484 e. The molecular formula is C20H20ClF3N2O2. The van der Waals surface area contributed by atoms with Crippen LogP contribution in [0.2, 0.25) is 5.02 Å². The van der Waals surface area contributed by atoms with Gasteiger partial charge in [0.05, 0.1) is 16.9 Å². The van der Waals surface area contributed by atoms with Gasteiger partial charge < -0.3 is 15.0 Å². The summed E-state index contributed by atoms with van der Waals surface area (Å²) in [5.74, 6) is -0.0757. The van der Waals surface area contributed by atoms with Crippen LogP contribution < -0.4 is 15.0 Å². The standard InChI is InChI=1S/C20H20ClF3N2O2/c1-13-10-15(5-6-16(13)21)28-12-19(27)25-17-11-14(20(22,23)24)4-7-18(17)26-8-2-3-9-26/h4-7,10-11H,2-3,8-9,12H2,1H3,(H,25,27). The topological polar surface area (TPSA) is 41.6 Å². The van der Waals surface area contributed by atoms with Crippen LogP contribution in [0.25, 0.3) is 0 Å². The maximum atomic E-state index is 13.1. The number of hydrogen-bond donors (Lipinski definition) is 1. The van der Waals surface area contributed by atoms with Crippen LogP contribution in [0, 0.1) is 6.92 Å². The fourth-order valence-electron chi connectivity index (χ4n) is 3.09. The minimum atomic E-state index is -4.49. The van der Waals surface area contributed by atoms with Gasteiger partial charge in [-0.2, -0.15) is 13.2 Å². The molecule has 1 saturated heterocycles. The van der Waals surface area contributed by atoms with E-state index in [0.717, 1.165) is 43.6 Å². The molecule has 1 aliphatic heterocycles. The lowest BCUT2D eigenvalue weighted by atomic mass is 10.1. The van der Waals surface area contributed by atoms with E-state index in [1.807, 2.05) is 4.90 Å². The number of carbonyl (C=O) groups is 1. The molecule has 28 heavy (non-hydrogen) atoms. The molecule has 0 aliphatic carbocycles. The predicted molar refractivity (Wildman–Crippen MR) is 103 cm³/mol. The van der Waals surface area contributed by atoms with E-state index in [4.69, 9.17) is 16.3 Å². The lowest BCUT2D eigenvalue weighted by Gasteiger charge is -2.23. The van der Waals surface area contributed by atoms with Gasteiger partial charge in [-0.15, -0.1) is 0 Å². The van der Waals surface area contributed by atoms with Gasteiger partial charge in [-0.3, -0.25) is 4.79 Å². The number of ether oxygens (including phenoxy) is 1. The lowest BCUT2D eigenvalue weighted by Crippen LogP contribution is -2.24. The average Bonchev–Trinajstić information content (AvgIpc) is 3.16. The van der Waals surface area contributed by atoms with Gasteiger partial charge in [0, 0.05) is 18.1 Å². The molecular weight excluding hydrogens is 393 g/mol. The average molecular weight is 413 g/mol. The molecule has 0 spiro atoms. The van der Waals surface area contributed by atoms with Crippen molar-refractivity contribution < 1.29 is 22.7 Å². The van der Waals surface area contributed by atoms with E-state index in [1.165, 1.54) is 6.07 Å². The summed E-state index contributed by atoms with van der Waals surface area (Å²) in [5, 5.41) is 3.14. The Hall–Kier alpha value is -2.41. The highest BCUT2D eigenvalue weighted by Crippen LogP contribution is 2.36. The van der Waals surface area contributed by atoms with E-state index >= 15 is 0 Å². The molecule has 1 aliphatic rings. The molecule has 2 aromatic carbocycles. The zero-order valence-electron chi connectivity index (χ0n) is 15.3. The molecule has 1 amide bonds. The van der Waals surface area contributed by atoms with Gasteiger partial charge in [0.15, 0.2) is 6.61 Å². The fraction of sp³-hybridized carbons (Fsp3) is 0.350. The summed E-state index contributed by atoms with van der Waals surface area (Å²) in [6, 6.07) is 8.39. The normalized spacial score (nSPS) is 14.2. The zero-order valence-corrected chi connectivity index (χ0v) is 16.0. The first-order valence-corrected chi connectivity index (χ1v) is 9.27. The first kappa shape index (κ1) is 20.3. The van der Waals surface area contributed by atoms with Crippen molar-refractivity contribution in [3.63, 3.8) is 0 Å². The predicted octanol–water partition coefficient (Wildman–Crippen LogP) is 5.28. The highest BCUT2D eigenvalue weighted by Gasteiger charge is 2.32.